The second-order valence-electron chi connectivity index (χ2n) is 6.45. The van der Waals surface area contributed by atoms with Crippen LogP contribution in [0.15, 0.2) is 48.5 Å². The molecule has 0 spiro atoms. The Morgan fingerprint density at radius 3 is 2.19 bits per heavy atom. The van der Waals surface area contributed by atoms with Crippen LogP contribution in [0.25, 0.3) is 0 Å². The zero-order valence-electron chi connectivity index (χ0n) is 14.5. The molecular formula is C20H22ClN3O2. The summed E-state index contributed by atoms with van der Waals surface area (Å²) in [5.41, 5.74) is 7.94. The quantitative estimate of drug-likeness (QED) is 0.843. The molecule has 0 bridgehead atoms. The first-order valence-corrected chi connectivity index (χ1v) is 9.08. The Morgan fingerprint density at radius 2 is 1.50 bits per heavy atom. The molecule has 2 N–H and O–H groups in total. The van der Waals surface area contributed by atoms with Crippen molar-refractivity contribution in [2.24, 2.45) is 0 Å². The normalized spacial score (nSPS) is 14.8. The van der Waals surface area contributed by atoms with E-state index in [2.05, 4.69) is 0 Å². The molecule has 26 heavy (non-hydrogen) atoms. The summed E-state index contributed by atoms with van der Waals surface area (Å²) in [5.74, 6) is 0.0602. The van der Waals surface area contributed by atoms with E-state index in [4.69, 9.17) is 17.3 Å². The van der Waals surface area contributed by atoms with E-state index < -0.39 is 0 Å². The lowest BCUT2D eigenvalue weighted by Gasteiger charge is -2.22. The number of benzene rings is 2. The highest BCUT2D eigenvalue weighted by Crippen LogP contribution is 2.14. The van der Waals surface area contributed by atoms with E-state index in [9.17, 15) is 9.59 Å². The molecule has 136 valence electrons. The fourth-order valence-corrected chi connectivity index (χ4v) is 3.19. The standard InChI is InChI=1S/C20H22ClN3O2/c21-17-6-4-16(5-7-17)20(26)24-11-1-10-23(12-13-24)19(25)14-15-2-8-18(22)9-3-15/h2-9H,1,10-14,22H2. The number of nitrogens with two attached hydrogens (primary N) is 1. The van der Waals surface area contributed by atoms with E-state index in [1.54, 1.807) is 41.3 Å². The van der Waals surface area contributed by atoms with Gasteiger partial charge in [0.2, 0.25) is 5.91 Å². The van der Waals surface area contributed by atoms with Crippen LogP contribution in [0.1, 0.15) is 22.3 Å². The maximum Gasteiger partial charge on any atom is 0.253 e. The molecule has 0 unspecified atom stereocenters. The van der Waals surface area contributed by atoms with E-state index in [1.807, 2.05) is 17.0 Å². The number of amides is 2. The molecule has 1 aliphatic heterocycles. The molecule has 1 heterocycles. The summed E-state index contributed by atoms with van der Waals surface area (Å²) in [6.45, 7) is 2.40. The van der Waals surface area contributed by atoms with E-state index >= 15 is 0 Å². The molecule has 0 radical (unpaired) electrons. The Morgan fingerprint density at radius 1 is 0.885 bits per heavy atom. The molecule has 5 nitrogen and oxygen atoms in total. The van der Waals surface area contributed by atoms with Crippen molar-refractivity contribution in [3.8, 4) is 0 Å². The summed E-state index contributed by atoms with van der Waals surface area (Å²) in [6, 6.07) is 14.3. The lowest BCUT2D eigenvalue weighted by molar-refractivity contribution is -0.130. The van der Waals surface area contributed by atoms with Crippen molar-refractivity contribution in [2.75, 3.05) is 31.9 Å². The minimum Gasteiger partial charge on any atom is -0.399 e. The monoisotopic (exact) mass is 371 g/mol. The number of carbonyl (C=O) groups excluding carboxylic acids is 2. The molecule has 3 rings (SSSR count). The summed E-state index contributed by atoms with van der Waals surface area (Å²) in [7, 11) is 0. The summed E-state index contributed by atoms with van der Waals surface area (Å²) in [4.78, 5) is 28.8. The van der Waals surface area contributed by atoms with Gasteiger partial charge >= 0.3 is 0 Å². The summed E-state index contributed by atoms with van der Waals surface area (Å²) >= 11 is 5.88. The molecule has 0 aliphatic carbocycles. The van der Waals surface area contributed by atoms with Gasteiger partial charge in [-0.1, -0.05) is 23.7 Å². The Kier molecular flexibility index (Phi) is 5.78. The highest BCUT2D eigenvalue weighted by Gasteiger charge is 2.22. The van der Waals surface area contributed by atoms with Crippen molar-refractivity contribution in [3.05, 3.63) is 64.7 Å². The highest BCUT2D eigenvalue weighted by molar-refractivity contribution is 6.30. The number of hydrogen-bond donors (Lipinski definition) is 1. The topological polar surface area (TPSA) is 66.6 Å². The largest absolute Gasteiger partial charge is 0.399 e. The van der Waals surface area contributed by atoms with Crippen LogP contribution < -0.4 is 5.73 Å². The van der Waals surface area contributed by atoms with Crippen LogP contribution in [0, 0.1) is 0 Å². The first kappa shape index (κ1) is 18.3. The van der Waals surface area contributed by atoms with Gasteiger partial charge in [0.05, 0.1) is 6.42 Å². The third-order valence-corrected chi connectivity index (χ3v) is 4.81. The van der Waals surface area contributed by atoms with Gasteiger partial charge in [0.15, 0.2) is 0 Å². The van der Waals surface area contributed by atoms with Gasteiger partial charge in [-0.05, 0) is 48.4 Å². The Hall–Kier alpha value is -2.53. The van der Waals surface area contributed by atoms with Gasteiger partial charge in [0.1, 0.15) is 0 Å². The van der Waals surface area contributed by atoms with E-state index in [-0.39, 0.29) is 11.8 Å². The van der Waals surface area contributed by atoms with Crippen molar-refractivity contribution < 1.29 is 9.59 Å². The lowest BCUT2D eigenvalue weighted by atomic mass is 10.1. The van der Waals surface area contributed by atoms with Crippen LogP contribution >= 0.6 is 11.6 Å². The van der Waals surface area contributed by atoms with E-state index in [0.29, 0.717) is 48.9 Å². The number of nitrogen functional groups attached to an aromatic ring is 1. The fourth-order valence-electron chi connectivity index (χ4n) is 3.07. The number of anilines is 1. The number of nitrogens with zero attached hydrogens (tertiary/aromatic N) is 2. The average Bonchev–Trinajstić information content (AvgIpc) is 2.90. The number of halogens is 1. The van der Waals surface area contributed by atoms with Crippen LogP contribution in [0.3, 0.4) is 0 Å². The predicted molar refractivity (Wildman–Crippen MR) is 103 cm³/mol. The van der Waals surface area contributed by atoms with Crippen molar-refractivity contribution >= 4 is 29.1 Å². The summed E-state index contributed by atoms with van der Waals surface area (Å²) in [6.07, 6.45) is 1.12. The molecule has 0 aromatic heterocycles. The van der Waals surface area contributed by atoms with E-state index in [0.717, 1.165) is 12.0 Å². The average molecular weight is 372 g/mol. The molecule has 1 fully saturated rings. The third-order valence-electron chi connectivity index (χ3n) is 4.56. The van der Waals surface area contributed by atoms with Gasteiger partial charge < -0.3 is 15.5 Å². The molecular weight excluding hydrogens is 350 g/mol. The maximum atomic E-state index is 12.6. The van der Waals surface area contributed by atoms with Crippen LogP contribution in [0.2, 0.25) is 5.02 Å². The molecule has 2 aromatic carbocycles. The number of rotatable bonds is 3. The van der Waals surface area contributed by atoms with Gasteiger partial charge in [0.25, 0.3) is 5.91 Å². The maximum absolute atomic E-state index is 12.6. The smallest absolute Gasteiger partial charge is 0.253 e. The lowest BCUT2D eigenvalue weighted by Crippen LogP contribution is -2.38. The highest BCUT2D eigenvalue weighted by atomic mass is 35.5. The second-order valence-corrected chi connectivity index (χ2v) is 6.89. The molecule has 2 amide bonds. The Balaban J connectivity index is 1.58. The number of hydrogen-bond acceptors (Lipinski definition) is 3. The van der Waals surface area contributed by atoms with Crippen LogP contribution in [0.5, 0.6) is 0 Å². The minimum atomic E-state index is -0.0190. The Labute approximate surface area is 158 Å². The van der Waals surface area contributed by atoms with Crippen molar-refractivity contribution in [2.45, 2.75) is 12.8 Å². The van der Waals surface area contributed by atoms with Crippen molar-refractivity contribution in [1.82, 2.24) is 9.80 Å². The van der Waals surface area contributed by atoms with Crippen molar-refractivity contribution in [3.63, 3.8) is 0 Å². The predicted octanol–water partition coefficient (Wildman–Crippen LogP) is 2.84. The summed E-state index contributed by atoms with van der Waals surface area (Å²) < 4.78 is 0. The third kappa shape index (κ3) is 4.55. The molecule has 0 atom stereocenters. The SMILES string of the molecule is Nc1ccc(CC(=O)N2CCCN(C(=O)c3ccc(Cl)cc3)CC2)cc1. The van der Waals surface area contributed by atoms with Crippen LogP contribution in [0.4, 0.5) is 5.69 Å². The van der Waals surface area contributed by atoms with Gasteiger partial charge in [-0.3, -0.25) is 9.59 Å². The molecule has 1 aliphatic rings. The van der Waals surface area contributed by atoms with Crippen molar-refractivity contribution in [1.29, 1.82) is 0 Å². The van der Waals surface area contributed by atoms with Gasteiger partial charge in [0, 0.05) is 42.5 Å². The Bertz CT molecular complexity index is 775. The van der Waals surface area contributed by atoms with Gasteiger partial charge in [-0.15, -0.1) is 0 Å². The zero-order valence-corrected chi connectivity index (χ0v) is 15.3. The molecule has 6 heteroatoms. The second kappa shape index (κ2) is 8.23. The van der Waals surface area contributed by atoms with Gasteiger partial charge in [-0.25, -0.2) is 0 Å². The summed E-state index contributed by atoms with van der Waals surface area (Å²) in [5, 5.41) is 0.608. The first-order chi connectivity index (χ1) is 12.5. The zero-order chi connectivity index (χ0) is 18.5. The fraction of sp³-hybridized carbons (Fsp3) is 0.300. The van der Waals surface area contributed by atoms with E-state index in [1.165, 1.54) is 0 Å². The molecule has 2 aromatic rings. The molecule has 1 saturated heterocycles. The van der Waals surface area contributed by atoms with Gasteiger partial charge in [-0.2, -0.15) is 0 Å². The van der Waals surface area contributed by atoms with Crippen LogP contribution in [-0.2, 0) is 11.2 Å². The first-order valence-electron chi connectivity index (χ1n) is 8.70. The number of carbonyl (C=O) groups is 2. The minimum absolute atomic E-state index is 0.0190. The molecule has 0 saturated carbocycles. The van der Waals surface area contributed by atoms with Crippen LogP contribution in [-0.4, -0.2) is 47.8 Å².